The Morgan fingerprint density at radius 1 is 1.26 bits per heavy atom. The maximum atomic E-state index is 11.5. The minimum atomic E-state index is -0.694. The third kappa shape index (κ3) is 7.43. The Balaban J connectivity index is 2.16. The standard InChI is InChI=1S/C14H22N2O3/c1-11(2)9-19-10-13(17)8-15-14(18)16-12-6-4-3-5-7-12/h3-7,11,13,17H,8-10H2,1-2H3,(H2,15,16,18). The number of rotatable bonds is 7. The van der Waals surface area contributed by atoms with Gasteiger partial charge in [0.05, 0.1) is 12.7 Å². The van der Waals surface area contributed by atoms with E-state index in [1.54, 1.807) is 12.1 Å². The summed E-state index contributed by atoms with van der Waals surface area (Å²) in [6, 6.07) is 8.80. The Hall–Kier alpha value is -1.59. The van der Waals surface area contributed by atoms with Crippen LogP contribution in [0.3, 0.4) is 0 Å². The fourth-order valence-corrected chi connectivity index (χ4v) is 1.41. The van der Waals surface area contributed by atoms with Crippen LogP contribution in [0.15, 0.2) is 30.3 Å². The third-order valence-electron chi connectivity index (χ3n) is 2.29. The van der Waals surface area contributed by atoms with Gasteiger partial charge in [-0.2, -0.15) is 0 Å². The quantitative estimate of drug-likeness (QED) is 0.705. The Morgan fingerprint density at radius 3 is 2.58 bits per heavy atom. The summed E-state index contributed by atoms with van der Waals surface area (Å²) in [5.74, 6) is 0.432. The molecule has 0 aromatic heterocycles. The predicted molar refractivity (Wildman–Crippen MR) is 75.1 cm³/mol. The molecule has 0 aliphatic heterocycles. The number of aliphatic hydroxyl groups is 1. The molecule has 5 nitrogen and oxygen atoms in total. The molecule has 5 heteroatoms. The normalized spacial score (nSPS) is 12.2. The number of aliphatic hydroxyl groups excluding tert-OH is 1. The first kappa shape index (κ1) is 15.5. The SMILES string of the molecule is CC(C)COCC(O)CNC(=O)Nc1ccccc1. The molecular formula is C14H22N2O3. The van der Waals surface area contributed by atoms with E-state index in [2.05, 4.69) is 10.6 Å². The van der Waals surface area contributed by atoms with Crippen molar-refractivity contribution in [3.8, 4) is 0 Å². The van der Waals surface area contributed by atoms with Gasteiger partial charge in [-0.15, -0.1) is 0 Å². The minimum Gasteiger partial charge on any atom is -0.389 e. The van der Waals surface area contributed by atoms with Gasteiger partial charge in [0, 0.05) is 18.8 Å². The van der Waals surface area contributed by atoms with Gasteiger partial charge in [0.15, 0.2) is 0 Å². The number of ether oxygens (including phenoxy) is 1. The van der Waals surface area contributed by atoms with Crippen LogP contribution in [0, 0.1) is 5.92 Å². The topological polar surface area (TPSA) is 70.6 Å². The molecule has 106 valence electrons. The Kier molecular flexibility index (Phi) is 6.92. The van der Waals surface area contributed by atoms with Gasteiger partial charge in [-0.3, -0.25) is 0 Å². The third-order valence-corrected chi connectivity index (χ3v) is 2.29. The smallest absolute Gasteiger partial charge is 0.319 e. The number of anilines is 1. The lowest BCUT2D eigenvalue weighted by molar-refractivity contribution is 0.0274. The first-order valence-electron chi connectivity index (χ1n) is 6.43. The zero-order chi connectivity index (χ0) is 14.1. The molecule has 0 spiro atoms. The summed E-state index contributed by atoms with van der Waals surface area (Å²) >= 11 is 0. The summed E-state index contributed by atoms with van der Waals surface area (Å²) in [7, 11) is 0. The summed E-state index contributed by atoms with van der Waals surface area (Å²) in [6.07, 6.45) is -0.694. The molecule has 1 atom stereocenters. The van der Waals surface area contributed by atoms with Crippen LogP contribution in [-0.4, -0.2) is 37.0 Å². The Labute approximate surface area is 114 Å². The van der Waals surface area contributed by atoms with Gasteiger partial charge in [-0.05, 0) is 18.1 Å². The van der Waals surface area contributed by atoms with Crippen molar-refractivity contribution in [3.63, 3.8) is 0 Å². The minimum absolute atomic E-state index is 0.163. The molecule has 0 bridgehead atoms. The van der Waals surface area contributed by atoms with Crippen molar-refractivity contribution in [3.05, 3.63) is 30.3 Å². The van der Waals surface area contributed by atoms with E-state index in [0.717, 1.165) is 0 Å². The average Bonchev–Trinajstić information content (AvgIpc) is 2.37. The van der Waals surface area contributed by atoms with Crippen molar-refractivity contribution in [1.29, 1.82) is 0 Å². The fraction of sp³-hybridized carbons (Fsp3) is 0.500. The molecule has 1 unspecified atom stereocenters. The number of carbonyl (C=O) groups is 1. The van der Waals surface area contributed by atoms with Gasteiger partial charge in [-0.25, -0.2) is 4.79 Å². The van der Waals surface area contributed by atoms with Gasteiger partial charge in [0.1, 0.15) is 0 Å². The van der Waals surface area contributed by atoms with Crippen molar-refractivity contribution >= 4 is 11.7 Å². The summed E-state index contributed by atoms with van der Waals surface area (Å²) in [4.78, 5) is 11.5. The number of nitrogens with one attached hydrogen (secondary N) is 2. The lowest BCUT2D eigenvalue weighted by Crippen LogP contribution is -2.37. The maximum absolute atomic E-state index is 11.5. The number of benzene rings is 1. The Morgan fingerprint density at radius 2 is 1.95 bits per heavy atom. The highest BCUT2D eigenvalue weighted by Crippen LogP contribution is 2.04. The highest BCUT2D eigenvalue weighted by atomic mass is 16.5. The summed E-state index contributed by atoms with van der Waals surface area (Å²) < 4.78 is 5.29. The highest BCUT2D eigenvalue weighted by Gasteiger charge is 2.07. The van der Waals surface area contributed by atoms with E-state index in [-0.39, 0.29) is 19.2 Å². The monoisotopic (exact) mass is 266 g/mol. The molecule has 1 aromatic carbocycles. The van der Waals surface area contributed by atoms with Crippen LogP contribution < -0.4 is 10.6 Å². The number of para-hydroxylation sites is 1. The number of carbonyl (C=O) groups excluding carboxylic acids is 1. The summed E-state index contributed by atoms with van der Waals surface area (Å²) in [6.45, 7) is 5.07. The average molecular weight is 266 g/mol. The van der Waals surface area contributed by atoms with Gasteiger partial charge in [0.2, 0.25) is 0 Å². The zero-order valence-electron chi connectivity index (χ0n) is 11.4. The van der Waals surface area contributed by atoms with Crippen LogP contribution in [0.4, 0.5) is 10.5 Å². The molecular weight excluding hydrogens is 244 g/mol. The molecule has 0 heterocycles. The van der Waals surface area contributed by atoms with Crippen LogP contribution >= 0.6 is 0 Å². The molecule has 0 fully saturated rings. The van der Waals surface area contributed by atoms with E-state index in [1.165, 1.54) is 0 Å². The first-order chi connectivity index (χ1) is 9.08. The number of amides is 2. The number of hydrogen-bond donors (Lipinski definition) is 3. The molecule has 0 saturated heterocycles. The van der Waals surface area contributed by atoms with Crippen LogP contribution in [-0.2, 0) is 4.74 Å². The lowest BCUT2D eigenvalue weighted by Gasteiger charge is -2.14. The summed E-state index contributed by atoms with van der Waals surface area (Å²) in [5, 5.41) is 14.9. The predicted octanol–water partition coefficient (Wildman–Crippen LogP) is 1.84. The zero-order valence-corrected chi connectivity index (χ0v) is 11.4. The Bertz CT molecular complexity index is 368. The second-order valence-electron chi connectivity index (χ2n) is 4.79. The van der Waals surface area contributed by atoms with Gasteiger partial charge < -0.3 is 20.5 Å². The van der Waals surface area contributed by atoms with Gasteiger partial charge in [-0.1, -0.05) is 32.0 Å². The van der Waals surface area contributed by atoms with Gasteiger partial charge >= 0.3 is 6.03 Å². The highest BCUT2D eigenvalue weighted by molar-refractivity contribution is 5.89. The molecule has 0 saturated carbocycles. The van der Waals surface area contributed by atoms with Gasteiger partial charge in [0.25, 0.3) is 0 Å². The van der Waals surface area contributed by atoms with E-state index >= 15 is 0 Å². The van der Waals surface area contributed by atoms with E-state index in [0.29, 0.717) is 18.2 Å². The molecule has 0 aliphatic rings. The van der Waals surface area contributed by atoms with Crippen molar-refractivity contribution in [1.82, 2.24) is 5.32 Å². The van der Waals surface area contributed by atoms with Crippen molar-refractivity contribution in [2.45, 2.75) is 20.0 Å². The molecule has 3 N–H and O–H groups in total. The van der Waals surface area contributed by atoms with E-state index in [4.69, 9.17) is 4.74 Å². The lowest BCUT2D eigenvalue weighted by atomic mass is 10.2. The summed E-state index contributed by atoms with van der Waals surface area (Å²) in [5.41, 5.74) is 0.713. The van der Waals surface area contributed by atoms with Crippen molar-refractivity contribution < 1.29 is 14.6 Å². The fourth-order valence-electron chi connectivity index (χ4n) is 1.41. The molecule has 1 aromatic rings. The number of hydrogen-bond acceptors (Lipinski definition) is 3. The maximum Gasteiger partial charge on any atom is 0.319 e. The van der Waals surface area contributed by atoms with Crippen LogP contribution in [0.1, 0.15) is 13.8 Å². The van der Waals surface area contributed by atoms with Crippen molar-refractivity contribution in [2.24, 2.45) is 5.92 Å². The second kappa shape index (κ2) is 8.50. The molecule has 2 amide bonds. The molecule has 0 radical (unpaired) electrons. The number of urea groups is 1. The van der Waals surface area contributed by atoms with Crippen LogP contribution in [0.5, 0.6) is 0 Å². The molecule has 1 rings (SSSR count). The van der Waals surface area contributed by atoms with Crippen LogP contribution in [0.25, 0.3) is 0 Å². The second-order valence-corrected chi connectivity index (χ2v) is 4.79. The molecule has 19 heavy (non-hydrogen) atoms. The molecule has 0 aliphatic carbocycles. The first-order valence-corrected chi connectivity index (χ1v) is 6.43. The van der Waals surface area contributed by atoms with E-state index in [1.807, 2.05) is 32.0 Å². The van der Waals surface area contributed by atoms with E-state index < -0.39 is 6.10 Å². The van der Waals surface area contributed by atoms with E-state index in [9.17, 15) is 9.90 Å². The van der Waals surface area contributed by atoms with Crippen molar-refractivity contribution in [2.75, 3.05) is 25.1 Å². The van der Waals surface area contributed by atoms with Crippen LogP contribution in [0.2, 0.25) is 0 Å². The largest absolute Gasteiger partial charge is 0.389 e.